The molecule has 0 spiro atoms. The Bertz CT molecular complexity index is 702. The number of aliphatic carboxylic acids is 1. The van der Waals surface area contributed by atoms with Crippen molar-refractivity contribution in [2.24, 2.45) is 11.3 Å². The molecule has 0 bridgehead atoms. The van der Waals surface area contributed by atoms with Crippen molar-refractivity contribution in [2.75, 3.05) is 39.8 Å². The number of carboxylic acid groups (broad SMARTS) is 1. The maximum atomic E-state index is 12.5. The van der Waals surface area contributed by atoms with Gasteiger partial charge in [0, 0.05) is 38.3 Å². The van der Waals surface area contributed by atoms with Gasteiger partial charge in [0.1, 0.15) is 11.2 Å². The monoisotopic (exact) mass is 344 g/mol. The van der Waals surface area contributed by atoms with Gasteiger partial charge in [-0.1, -0.05) is 30.4 Å². The van der Waals surface area contributed by atoms with Crippen LogP contribution in [0.4, 0.5) is 0 Å². The Morgan fingerprint density at radius 3 is 2.80 bits per heavy atom. The number of likely N-dealkylation sites (tertiary alicyclic amines) is 2. The van der Waals surface area contributed by atoms with Crippen LogP contribution in [0.2, 0.25) is 0 Å². The van der Waals surface area contributed by atoms with Crippen LogP contribution in [-0.4, -0.2) is 66.6 Å². The van der Waals surface area contributed by atoms with E-state index in [1.54, 1.807) is 12.0 Å². The lowest BCUT2D eigenvalue weighted by atomic mass is 9.81. The van der Waals surface area contributed by atoms with Crippen molar-refractivity contribution in [1.29, 1.82) is 0 Å². The van der Waals surface area contributed by atoms with Crippen molar-refractivity contribution in [3.05, 3.63) is 35.9 Å². The van der Waals surface area contributed by atoms with Crippen LogP contribution in [0, 0.1) is 11.3 Å². The number of amides is 1. The lowest BCUT2D eigenvalue weighted by molar-refractivity contribution is -0.149. The van der Waals surface area contributed by atoms with Gasteiger partial charge < -0.3 is 14.7 Å². The molecule has 2 aliphatic rings. The van der Waals surface area contributed by atoms with Gasteiger partial charge >= 0.3 is 5.97 Å². The van der Waals surface area contributed by atoms with Gasteiger partial charge in [0.15, 0.2) is 0 Å². The summed E-state index contributed by atoms with van der Waals surface area (Å²) in [6, 6.07) is 7.73. The van der Waals surface area contributed by atoms with Gasteiger partial charge in [-0.2, -0.15) is 0 Å². The number of rotatable bonds is 6. The number of carbonyl (C=O) groups excluding carboxylic acids is 1. The average Bonchev–Trinajstić information content (AvgIpc) is 3.11. The van der Waals surface area contributed by atoms with E-state index in [1.807, 2.05) is 43.3 Å². The quantitative estimate of drug-likeness (QED) is 0.848. The van der Waals surface area contributed by atoms with Crippen LogP contribution < -0.4 is 4.74 Å². The van der Waals surface area contributed by atoms with Crippen molar-refractivity contribution in [3.8, 4) is 5.75 Å². The zero-order valence-electron chi connectivity index (χ0n) is 14.6. The van der Waals surface area contributed by atoms with Crippen LogP contribution in [0.5, 0.6) is 5.75 Å². The Hall–Kier alpha value is -2.34. The summed E-state index contributed by atoms with van der Waals surface area (Å²) in [5, 5.41) is 9.75. The molecule has 1 amide bonds. The average molecular weight is 344 g/mol. The zero-order valence-corrected chi connectivity index (χ0v) is 14.6. The molecule has 3 rings (SSSR count). The summed E-state index contributed by atoms with van der Waals surface area (Å²) >= 11 is 0. The second-order valence-corrected chi connectivity index (χ2v) is 6.70. The van der Waals surface area contributed by atoms with Crippen molar-refractivity contribution < 1.29 is 19.4 Å². The fourth-order valence-corrected chi connectivity index (χ4v) is 3.94. The lowest BCUT2D eigenvalue weighted by Gasteiger charge is -2.24. The van der Waals surface area contributed by atoms with Crippen LogP contribution in [0.15, 0.2) is 30.3 Å². The van der Waals surface area contributed by atoms with Crippen molar-refractivity contribution in [3.63, 3.8) is 0 Å². The summed E-state index contributed by atoms with van der Waals surface area (Å²) in [5.74, 6) is -0.531. The van der Waals surface area contributed by atoms with E-state index < -0.39 is 17.3 Å². The first-order valence-corrected chi connectivity index (χ1v) is 8.56. The molecule has 6 nitrogen and oxygen atoms in total. The third-order valence-electron chi connectivity index (χ3n) is 5.30. The highest BCUT2D eigenvalue weighted by molar-refractivity contribution is 5.92. The Kier molecular flexibility index (Phi) is 4.81. The van der Waals surface area contributed by atoms with Crippen molar-refractivity contribution in [2.45, 2.75) is 6.92 Å². The highest BCUT2D eigenvalue weighted by Gasteiger charge is 2.61. The summed E-state index contributed by atoms with van der Waals surface area (Å²) in [6.07, 6.45) is 3.97. The second kappa shape index (κ2) is 6.88. The molecule has 0 aliphatic carbocycles. The molecule has 2 heterocycles. The summed E-state index contributed by atoms with van der Waals surface area (Å²) < 4.78 is 5.32. The Labute approximate surface area is 147 Å². The number of fused-ring (bicyclic) bond motifs is 1. The number of hydrogen-bond acceptors (Lipinski definition) is 4. The van der Waals surface area contributed by atoms with Crippen LogP contribution in [0.25, 0.3) is 6.08 Å². The molecule has 1 N–H and O–H groups in total. The number of nitrogens with zero attached hydrogens (tertiary/aromatic N) is 2. The fraction of sp³-hybridized carbons (Fsp3) is 0.474. The third-order valence-corrected chi connectivity index (χ3v) is 5.30. The van der Waals surface area contributed by atoms with Crippen LogP contribution >= 0.6 is 0 Å². The molecule has 1 aromatic carbocycles. The predicted octanol–water partition coefficient (Wildman–Crippen LogP) is 1.57. The van der Waals surface area contributed by atoms with E-state index >= 15 is 0 Å². The van der Waals surface area contributed by atoms with Gasteiger partial charge in [0.2, 0.25) is 5.91 Å². The van der Waals surface area contributed by atoms with E-state index in [4.69, 9.17) is 4.74 Å². The summed E-state index contributed by atoms with van der Waals surface area (Å²) in [5.41, 5.74) is 0.0105. The van der Waals surface area contributed by atoms with Gasteiger partial charge in [-0.25, -0.2) is 0 Å². The number of ether oxygens (including phenoxy) is 1. The zero-order chi connectivity index (χ0) is 18.0. The second-order valence-electron chi connectivity index (χ2n) is 6.70. The first kappa shape index (κ1) is 17.5. The molecule has 25 heavy (non-hydrogen) atoms. The van der Waals surface area contributed by atoms with E-state index in [-0.39, 0.29) is 5.91 Å². The highest BCUT2D eigenvalue weighted by atomic mass is 16.5. The van der Waals surface area contributed by atoms with Crippen LogP contribution in [0.3, 0.4) is 0 Å². The molecule has 0 radical (unpaired) electrons. The molecule has 0 saturated carbocycles. The van der Waals surface area contributed by atoms with Gasteiger partial charge in [-0.05, 0) is 13.0 Å². The Morgan fingerprint density at radius 1 is 1.40 bits per heavy atom. The SMILES string of the molecule is CCN1C[C@@]2(C(=O)O)CN(C/C=C/c3ccccc3OC)C[C@H]2C1=O. The van der Waals surface area contributed by atoms with Crippen LogP contribution in [-0.2, 0) is 9.59 Å². The molecular formula is C19H24N2O4. The number of carboxylic acids is 1. The molecule has 134 valence electrons. The summed E-state index contributed by atoms with van der Waals surface area (Å²) in [4.78, 5) is 28.1. The van der Waals surface area contributed by atoms with Gasteiger partial charge in [-0.3, -0.25) is 14.5 Å². The van der Waals surface area contributed by atoms with E-state index in [2.05, 4.69) is 4.90 Å². The Balaban J connectivity index is 1.70. The minimum Gasteiger partial charge on any atom is -0.496 e. The van der Waals surface area contributed by atoms with E-state index in [9.17, 15) is 14.7 Å². The minimum absolute atomic E-state index is 0.0268. The van der Waals surface area contributed by atoms with E-state index in [1.165, 1.54) is 0 Å². The third kappa shape index (κ3) is 3.02. The minimum atomic E-state index is -0.967. The molecule has 2 saturated heterocycles. The maximum absolute atomic E-state index is 12.5. The van der Waals surface area contributed by atoms with E-state index in [0.717, 1.165) is 11.3 Å². The van der Waals surface area contributed by atoms with Crippen molar-refractivity contribution in [1.82, 2.24) is 9.80 Å². The number of carbonyl (C=O) groups is 2. The number of benzene rings is 1. The largest absolute Gasteiger partial charge is 0.496 e. The Morgan fingerprint density at radius 2 is 2.16 bits per heavy atom. The molecule has 6 heteroatoms. The predicted molar refractivity (Wildman–Crippen MR) is 94.3 cm³/mol. The highest BCUT2D eigenvalue weighted by Crippen LogP contribution is 2.43. The van der Waals surface area contributed by atoms with Crippen LogP contribution in [0.1, 0.15) is 12.5 Å². The molecule has 2 atom stereocenters. The molecule has 0 unspecified atom stereocenters. The first-order chi connectivity index (χ1) is 12.0. The molecule has 1 aromatic rings. The summed E-state index contributed by atoms with van der Waals surface area (Å²) in [7, 11) is 1.63. The molecule has 2 aliphatic heterocycles. The van der Waals surface area contributed by atoms with Gasteiger partial charge in [0.25, 0.3) is 0 Å². The fourth-order valence-electron chi connectivity index (χ4n) is 3.94. The number of hydrogen-bond donors (Lipinski definition) is 1. The van der Waals surface area contributed by atoms with E-state index in [0.29, 0.717) is 32.7 Å². The smallest absolute Gasteiger partial charge is 0.313 e. The molecular weight excluding hydrogens is 320 g/mol. The van der Waals surface area contributed by atoms with Gasteiger partial charge in [-0.15, -0.1) is 0 Å². The lowest BCUT2D eigenvalue weighted by Crippen LogP contribution is -2.40. The molecule has 2 fully saturated rings. The van der Waals surface area contributed by atoms with Crippen molar-refractivity contribution >= 4 is 18.0 Å². The topological polar surface area (TPSA) is 70.1 Å². The standard InChI is InChI=1S/C19H24N2O4/c1-3-21-13-19(18(23)24)12-20(11-15(19)17(21)22)10-6-8-14-7-4-5-9-16(14)25-2/h4-9,15H,3,10-13H2,1-2H3,(H,23,24)/b8-6+/t15-,19-/m0/s1. The summed E-state index contributed by atoms with van der Waals surface area (Å²) in [6.45, 7) is 4.29. The van der Waals surface area contributed by atoms with Gasteiger partial charge in [0.05, 0.1) is 13.0 Å². The molecule has 0 aromatic heterocycles. The number of methoxy groups -OCH3 is 1. The number of para-hydroxylation sites is 1. The normalized spacial score (nSPS) is 26.4. The first-order valence-electron chi connectivity index (χ1n) is 8.56. The maximum Gasteiger partial charge on any atom is 0.313 e.